The highest BCUT2D eigenvalue weighted by atomic mass is 35.5. The summed E-state index contributed by atoms with van der Waals surface area (Å²) in [5, 5.41) is 17.6. The molecule has 2 N–H and O–H groups in total. The van der Waals surface area contributed by atoms with Crippen molar-refractivity contribution in [1.82, 2.24) is 20.2 Å². The molecule has 1 fully saturated rings. The Balaban J connectivity index is 1.40. The highest BCUT2D eigenvalue weighted by Gasteiger charge is 2.28. The summed E-state index contributed by atoms with van der Waals surface area (Å²) in [7, 11) is 0. The predicted molar refractivity (Wildman–Crippen MR) is 100 cm³/mol. The van der Waals surface area contributed by atoms with Crippen molar-refractivity contribution < 1.29 is 9.18 Å². The quantitative estimate of drug-likeness (QED) is 0.677. The number of rotatable bonds is 6. The van der Waals surface area contributed by atoms with Crippen LogP contribution in [0.2, 0.25) is 5.02 Å². The lowest BCUT2D eigenvalue weighted by atomic mass is 10.2. The van der Waals surface area contributed by atoms with E-state index >= 15 is 0 Å². The normalized spacial score (nSPS) is 13.4. The lowest BCUT2D eigenvalue weighted by molar-refractivity contribution is -0.114. The topological polar surface area (TPSA) is 84.7 Å². The van der Waals surface area contributed by atoms with Gasteiger partial charge in [-0.05, 0) is 53.6 Å². The number of halogens is 2. The monoisotopic (exact) mass is 386 g/mol. The van der Waals surface area contributed by atoms with Gasteiger partial charge >= 0.3 is 0 Å². The Morgan fingerprint density at radius 1 is 1.22 bits per heavy atom. The summed E-state index contributed by atoms with van der Waals surface area (Å²) >= 11 is 5.72. The van der Waals surface area contributed by atoms with Crippen LogP contribution in [-0.2, 0) is 4.79 Å². The fourth-order valence-corrected chi connectivity index (χ4v) is 2.86. The van der Waals surface area contributed by atoms with Gasteiger partial charge < -0.3 is 10.6 Å². The first-order chi connectivity index (χ1) is 13.1. The van der Waals surface area contributed by atoms with E-state index in [9.17, 15) is 9.18 Å². The van der Waals surface area contributed by atoms with E-state index < -0.39 is 5.82 Å². The summed E-state index contributed by atoms with van der Waals surface area (Å²) < 4.78 is 15.0. The molecule has 0 bridgehead atoms. The van der Waals surface area contributed by atoms with Crippen molar-refractivity contribution in [2.45, 2.75) is 18.9 Å². The van der Waals surface area contributed by atoms with Gasteiger partial charge in [0.2, 0.25) is 5.91 Å². The average Bonchev–Trinajstić information content (AvgIpc) is 3.40. The summed E-state index contributed by atoms with van der Waals surface area (Å²) in [6, 6.07) is 12.0. The largest absolute Gasteiger partial charge is 0.376 e. The van der Waals surface area contributed by atoms with Crippen LogP contribution in [0.3, 0.4) is 0 Å². The molecule has 27 heavy (non-hydrogen) atoms. The Morgan fingerprint density at radius 3 is 2.85 bits per heavy atom. The summed E-state index contributed by atoms with van der Waals surface area (Å²) in [5.41, 5.74) is 2.08. The number of aromatic nitrogens is 4. The first-order valence-electron chi connectivity index (χ1n) is 8.47. The van der Waals surface area contributed by atoms with E-state index in [0.29, 0.717) is 17.6 Å². The summed E-state index contributed by atoms with van der Waals surface area (Å²) in [6.45, 7) is 0.0476. The molecule has 4 rings (SSSR count). The molecule has 0 unspecified atom stereocenters. The number of amides is 1. The second-order valence-corrected chi connectivity index (χ2v) is 6.70. The molecule has 0 aliphatic heterocycles. The summed E-state index contributed by atoms with van der Waals surface area (Å²) in [5.74, 6) is -0.0874. The van der Waals surface area contributed by atoms with E-state index in [2.05, 4.69) is 26.2 Å². The fourth-order valence-electron chi connectivity index (χ4n) is 2.68. The van der Waals surface area contributed by atoms with Crippen LogP contribution in [0.15, 0.2) is 42.5 Å². The van der Waals surface area contributed by atoms with Gasteiger partial charge in [0.1, 0.15) is 5.82 Å². The number of nitrogens with zero attached hydrogens (tertiary/aromatic N) is 4. The van der Waals surface area contributed by atoms with Crippen molar-refractivity contribution in [2.75, 3.05) is 17.2 Å². The maximum Gasteiger partial charge on any atom is 0.243 e. The SMILES string of the molecule is O=C(CNc1cccc(-c2nnnn2C2CC2)c1)Nc1ccc(F)c(Cl)c1. The van der Waals surface area contributed by atoms with Crippen molar-refractivity contribution in [3.8, 4) is 11.4 Å². The first kappa shape index (κ1) is 17.4. The summed E-state index contributed by atoms with van der Waals surface area (Å²) in [4.78, 5) is 12.1. The van der Waals surface area contributed by atoms with Crippen LogP contribution in [0.5, 0.6) is 0 Å². The van der Waals surface area contributed by atoms with Gasteiger partial charge in [0, 0.05) is 16.9 Å². The fraction of sp³-hybridized carbons (Fsp3) is 0.222. The number of nitrogens with one attached hydrogen (secondary N) is 2. The molecule has 9 heteroatoms. The molecule has 1 aliphatic rings. The van der Waals surface area contributed by atoms with Gasteiger partial charge in [-0.25, -0.2) is 9.07 Å². The third-order valence-electron chi connectivity index (χ3n) is 4.16. The molecular formula is C18H16ClFN6O. The molecule has 138 valence electrons. The molecule has 7 nitrogen and oxygen atoms in total. The third kappa shape index (κ3) is 4.06. The van der Waals surface area contributed by atoms with Crippen LogP contribution in [-0.4, -0.2) is 32.7 Å². The van der Waals surface area contributed by atoms with Gasteiger partial charge in [0.05, 0.1) is 17.6 Å². The average molecular weight is 387 g/mol. The molecule has 1 amide bonds. The molecule has 3 aromatic rings. The molecule has 0 saturated heterocycles. The van der Waals surface area contributed by atoms with Crippen LogP contribution in [0, 0.1) is 5.82 Å². The smallest absolute Gasteiger partial charge is 0.243 e. The van der Waals surface area contributed by atoms with Crippen LogP contribution in [0.1, 0.15) is 18.9 Å². The Hall–Kier alpha value is -3.00. The zero-order valence-corrected chi connectivity index (χ0v) is 14.9. The van der Waals surface area contributed by atoms with Crippen molar-refractivity contribution in [3.63, 3.8) is 0 Å². The summed E-state index contributed by atoms with van der Waals surface area (Å²) in [6.07, 6.45) is 2.17. The van der Waals surface area contributed by atoms with Gasteiger partial charge in [-0.2, -0.15) is 0 Å². The standard InChI is InChI=1S/C18H16ClFN6O/c19-15-9-13(4-7-16(15)20)22-17(27)10-21-12-3-1-2-11(8-12)18-23-24-25-26(18)14-5-6-14/h1-4,7-9,14,21H,5-6,10H2,(H,22,27). The highest BCUT2D eigenvalue weighted by molar-refractivity contribution is 6.31. The molecule has 1 aromatic heterocycles. The zero-order valence-electron chi connectivity index (χ0n) is 14.2. The van der Waals surface area contributed by atoms with Gasteiger partial charge in [-0.3, -0.25) is 4.79 Å². The second kappa shape index (κ2) is 7.32. The minimum atomic E-state index is -0.529. The number of benzene rings is 2. The first-order valence-corrected chi connectivity index (χ1v) is 8.85. The molecular weight excluding hydrogens is 371 g/mol. The highest BCUT2D eigenvalue weighted by Crippen LogP contribution is 2.36. The van der Waals surface area contributed by atoms with E-state index in [0.717, 1.165) is 24.1 Å². The molecule has 0 radical (unpaired) electrons. The van der Waals surface area contributed by atoms with Crippen molar-refractivity contribution in [1.29, 1.82) is 0 Å². The van der Waals surface area contributed by atoms with Gasteiger partial charge in [-0.1, -0.05) is 23.7 Å². The third-order valence-corrected chi connectivity index (χ3v) is 4.45. The van der Waals surface area contributed by atoms with Crippen LogP contribution in [0.25, 0.3) is 11.4 Å². The van der Waals surface area contributed by atoms with Gasteiger partial charge in [-0.15, -0.1) is 5.10 Å². The van der Waals surface area contributed by atoms with E-state index in [-0.39, 0.29) is 17.5 Å². The van der Waals surface area contributed by atoms with Crippen LogP contribution < -0.4 is 10.6 Å². The van der Waals surface area contributed by atoms with Gasteiger partial charge in [0.15, 0.2) is 5.82 Å². The molecule has 2 aromatic carbocycles. The Labute approximate surface area is 159 Å². The maximum atomic E-state index is 13.2. The molecule has 1 saturated carbocycles. The lowest BCUT2D eigenvalue weighted by Gasteiger charge is -2.10. The number of anilines is 2. The minimum Gasteiger partial charge on any atom is -0.376 e. The van der Waals surface area contributed by atoms with E-state index in [4.69, 9.17) is 11.6 Å². The number of hydrogen-bond acceptors (Lipinski definition) is 5. The minimum absolute atomic E-state index is 0.0400. The van der Waals surface area contributed by atoms with E-state index in [1.807, 2.05) is 28.9 Å². The van der Waals surface area contributed by atoms with Crippen LogP contribution in [0.4, 0.5) is 15.8 Å². The predicted octanol–water partition coefficient (Wildman–Crippen LogP) is 3.52. The number of tetrazole rings is 1. The van der Waals surface area contributed by atoms with E-state index in [1.165, 1.54) is 18.2 Å². The molecule has 1 heterocycles. The van der Waals surface area contributed by atoms with Crippen LogP contribution >= 0.6 is 11.6 Å². The molecule has 0 atom stereocenters. The number of carbonyl (C=O) groups excluding carboxylic acids is 1. The van der Waals surface area contributed by atoms with E-state index in [1.54, 1.807) is 0 Å². The Bertz CT molecular complexity index is 987. The lowest BCUT2D eigenvalue weighted by Crippen LogP contribution is -2.21. The maximum absolute atomic E-state index is 13.2. The molecule has 0 spiro atoms. The Kier molecular flexibility index (Phi) is 4.72. The molecule has 1 aliphatic carbocycles. The Morgan fingerprint density at radius 2 is 2.07 bits per heavy atom. The van der Waals surface area contributed by atoms with Crippen molar-refractivity contribution in [2.24, 2.45) is 0 Å². The number of carbonyl (C=O) groups is 1. The van der Waals surface area contributed by atoms with Crippen molar-refractivity contribution >= 4 is 28.9 Å². The van der Waals surface area contributed by atoms with Crippen molar-refractivity contribution in [3.05, 3.63) is 53.3 Å². The van der Waals surface area contributed by atoms with Gasteiger partial charge in [0.25, 0.3) is 0 Å². The zero-order chi connectivity index (χ0) is 18.8. The second-order valence-electron chi connectivity index (χ2n) is 6.29. The number of hydrogen-bond donors (Lipinski definition) is 2.